The van der Waals surface area contributed by atoms with Gasteiger partial charge >= 0.3 is 6.09 Å². The van der Waals surface area contributed by atoms with Gasteiger partial charge in [0.25, 0.3) is 0 Å². The average molecular weight is 173 g/mol. The van der Waals surface area contributed by atoms with Gasteiger partial charge in [0.1, 0.15) is 5.60 Å². The van der Waals surface area contributed by atoms with E-state index in [1.165, 1.54) is 0 Å². The fraction of sp³-hybridized carbons (Fsp3) is 0.889. The number of hydrogen-bond acceptors (Lipinski definition) is 2. The Labute approximate surface area is 74.3 Å². The Hall–Kier alpha value is -0.730. The highest BCUT2D eigenvalue weighted by molar-refractivity contribution is 5.65. The molecular formula is C9H19NO2. The number of amides is 1. The van der Waals surface area contributed by atoms with Crippen LogP contribution in [-0.4, -0.2) is 11.7 Å². The van der Waals surface area contributed by atoms with Crippen LogP contribution in [0.2, 0.25) is 0 Å². The van der Waals surface area contributed by atoms with Gasteiger partial charge in [0.05, 0.1) is 0 Å². The first-order valence-electron chi connectivity index (χ1n) is 4.52. The van der Waals surface area contributed by atoms with Crippen LogP contribution in [0.5, 0.6) is 0 Å². The Morgan fingerprint density at radius 1 is 1.33 bits per heavy atom. The summed E-state index contributed by atoms with van der Waals surface area (Å²) >= 11 is 0. The van der Waals surface area contributed by atoms with Crippen LogP contribution < -0.4 is 5.73 Å². The molecule has 0 aromatic carbocycles. The third kappa shape index (κ3) is 4.21. The van der Waals surface area contributed by atoms with Crippen LogP contribution in [-0.2, 0) is 4.74 Å². The van der Waals surface area contributed by atoms with Crippen LogP contribution >= 0.6 is 0 Å². The van der Waals surface area contributed by atoms with Crippen molar-refractivity contribution in [2.45, 2.75) is 52.1 Å². The van der Waals surface area contributed by atoms with E-state index < -0.39 is 6.09 Å². The first-order valence-corrected chi connectivity index (χ1v) is 4.52. The van der Waals surface area contributed by atoms with E-state index >= 15 is 0 Å². The smallest absolute Gasteiger partial charge is 0.405 e. The van der Waals surface area contributed by atoms with Gasteiger partial charge in [0.15, 0.2) is 0 Å². The highest BCUT2D eigenvalue weighted by atomic mass is 16.6. The van der Waals surface area contributed by atoms with Gasteiger partial charge in [-0.25, -0.2) is 4.79 Å². The minimum Gasteiger partial charge on any atom is -0.443 e. The zero-order chi connectivity index (χ0) is 9.61. The van der Waals surface area contributed by atoms with Crippen molar-refractivity contribution in [3.8, 4) is 0 Å². The van der Waals surface area contributed by atoms with E-state index in [4.69, 9.17) is 10.5 Å². The van der Waals surface area contributed by atoms with Crippen molar-refractivity contribution >= 4 is 6.09 Å². The van der Waals surface area contributed by atoms with Crippen LogP contribution in [0.3, 0.4) is 0 Å². The van der Waals surface area contributed by atoms with Gasteiger partial charge in [0, 0.05) is 0 Å². The van der Waals surface area contributed by atoms with Gasteiger partial charge in [0.2, 0.25) is 0 Å². The highest BCUT2D eigenvalue weighted by Gasteiger charge is 2.25. The quantitative estimate of drug-likeness (QED) is 0.694. The van der Waals surface area contributed by atoms with Crippen molar-refractivity contribution in [3.05, 3.63) is 0 Å². The Morgan fingerprint density at radius 3 is 2.00 bits per heavy atom. The molecule has 2 N–H and O–H groups in total. The van der Waals surface area contributed by atoms with E-state index in [0.29, 0.717) is 0 Å². The molecule has 1 amide bonds. The maximum absolute atomic E-state index is 10.6. The molecule has 0 aliphatic carbocycles. The minimum absolute atomic E-state index is 0.352. The number of rotatable bonds is 5. The number of nitrogens with two attached hydrogens (primary N) is 1. The van der Waals surface area contributed by atoms with E-state index in [0.717, 1.165) is 25.7 Å². The molecule has 0 saturated heterocycles. The minimum atomic E-state index is -0.667. The molecular weight excluding hydrogens is 154 g/mol. The van der Waals surface area contributed by atoms with Crippen molar-refractivity contribution < 1.29 is 9.53 Å². The van der Waals surface area contributed by atoms with Crippen LogP contribution in [0.1, 0.15) is 46.5 Å². The normalized spacial score (nSPS) is 11.2. The molecule has 0 aromatic rings. The lowest BCUT2D eigenvalue weighted by atomic mass is 9.95. The second-order valence-corrected chi connectivity index (χ2v) is 3.37. The summed E-state index contributed by atoms with van der Waals surface area (Å²) in [4.78, 5) is 10.6. The van der Waals surface area contributed by atoms with E-state index in [1.807, 2.05) is 6.92 Å². The van der Waals surface area contributed by atoms with Crippen molar-refractivity contribution in [2.75, 3.05) is 0 Å². The van der Waals surface area contributed by atoms with E-state index in [1.54, 1.807) is 0 Å². The molecule has 0 radical (unpaired) electrons. The number of carbonyl (C=O) groups is 1. The standard InChI is InChI=1S/C9H19NO2/c1-4-6-9(3,7-5-2)12-8(10)11/h4-7H2,1-3H3,(H2,10,11). The molecule has 0 aliphatic rings. The van der Waals surface area contributed by atoms with Crippen LogP contribution in [0.4, 0.5) is 4.79 Å². The summed E-state index contributed by atoms with van der Waals surface area (Å²) in [7, 11) is 0. The van der Waals surface area contributed by atoms with Crippen molar-refractivity contribution in [3.63, 3.8) is 0 Å². The largest absolute Gasteiger partial charge is 0.443 e. The fourth-order valence-electron chi connectivity index (χ4n) is 1.53. The lowest BCUT2D eigenvalue weighted by Gasteiger charge is -2.27. The third-order valence-corrected chi connectivity index (χ3v) is 1.90. The molecule has 3 heteroatoms. The molecule has 0 rings (SSSR count). The van der Waals surface area contributed by atoms with E-state index in [9.17, 15) is 4.79 Å². The van der Waals surface area contributed by atoms with Crippen molar-refractivity contribution in [1.29, 1.82) is 0 Å². The van der Waals surface area contributed by atoms with Gasteiger partial charge in [-0.1, -0.05) is 26.7 Å². The topological polar surface area (TPSA) is 52.3 Å². The predicted octanol–water partition coefficient (Wildman–Crippen LogP) is 2.44. The molecule has 0 fully saturated rings. The van der Waals surface area contributed by atoms with Gasteiger partial charge in [-0.05, 0) is 19.8 Å². The first-order chi connectivity index (χ1) is 5.54. The molecule has 0 saturated carbocycles. The lowest BCUT2D eigenvalue weighted by molar-refractivity contribution is 0.0167. The zero-order valence-electron chi connectivity index (χ0n) is 8.22. The summed E-state index contributed by atoms with van der Waals surface area (Å²) in [6.07, 6.45) is 3.10. The SMILES string of the molecule is CCCC(C)(CCC)OC(N)=O. The monoisotopic (exact) mass is 173 g/mol. The molecule has 0 heterocycles. The number of carbonyl (C=O) groups excluding carboxylic acids is 1. The highest BCUT2D eigenvalue weighted by Crippen LogP contribution is 2.23. The molecule has 0 aliphatic heterocycles. The molecule has 0 spiro atoms. The van der Waals surface area contributed by atoms with E-state index in [2.05, 4.69) is 13.8 Å². The second-order valence-electron chi connectivity index (χ2n) is 3.37. The fourth-order valence-corrected chi connectivity index (χ4v) is 1.53. The number of primary amides is 1. The van der Waals surface area contributed by atoms with Gasteiger partial charge in [-0.15, -0.1) is 0 Å². The Balaban J connectivity index is 4.07. The zero-order valence-corrected chi connectivity index (χ0v) is 8.22. The molecule has 0 aromatic heterocycles. The molecule has 3 nitrogen and oxygen atoms in total. The average Bonchev–Trinajstić information content (AvgIpc) is 1.85. The van der Waals surface area contributed by atoms with Gasteiger partial charge in [-0.2, -0.15) is 0 Å². The Morgan fingerprint density at radius 2 is 1.75 bits per heavy atom. The summed E-state index contributed by atoms with van der Waals surface area (Å²) in [6, 6.07) is 0. The lowest BCUT2D eigenvalue weighted by Crippen LogP contribution is -2.33. The molecule has 0 atom stereocenters. The Bertz CT molecular complexity index is 139. The first kappa shape index (κ1) is 11.3. The number of ether oxygens (including phenoxy) is 1. The number of hydrogen-bond donors (Lipinski definition) is 1. The summed E-state index contributed by atoms with van der Waals surface area (Å²) in [5, 5.41) is 0. The molecule has 72 valence electrons. The summed E-state index contributed by atoms with van der Waals surface area (Å²) in [5.41, 5.74) is 4.63. The summed E-state index contributed by atoms with van der Waals surface area (Å²) in [5.74, 6) is 0. The van der Waals surface area contributed by atoms with E-state index in [-0.39, 0.29) is 5.60 Å². The van der Waals surface area contributed by atoms with Gasteiger partial charge in [-0.3, -0.25) is 0 Å². The maximum atomic E-state index is 10.6. The molecule has 0 bridgehead atoms. The summed E-state index contributed by atoms with van der Waals surface area (Å²) < 4.78 is 5.06. The van der Waals surface area contributed by atoms with Crippen LogP contribution in [0.15, 0.2) is 0 Å². The van der Waals surface area contributed by atoms with Crippen molar-refractivity contribution in [1.82, 2.24) is 0 Å². The third-order valence-electron chi connectivity index (χ3n) is 1.90. The molecule has 0 unspecified atom stereocenters. The Kier molecular flexibility index (Phi) is 4.71. The van der Waals surface area contributed by atoms with Crippen LogP contribution in [0, 0.1) is 0 Å². The second kappa shape index (κ2) is 5.01. The van der Waals surface area contributed by atoms with Gasteiger partial charge < -0.3 is 10.5 Å². The van der Waals surface area contributed by atoms with Crippen molar-refractivity contribution in [2.24, 2.45) is 5.73 Å². The molecule has 12 heavy (non-hydrogen) atoms. The predicted molar refractivity (Wildman–Crippen MR) is 48.9 cm³/mol. The summed E-state index contributed by atoms with van der Waals surface area (Å²) in [6.45, 7) is 6.07. The maximum Gasteiger partial charge on any atom is 0.405 e. The van der Waals surface area contributed by atoms with Crippen LogP contribution in [0.25, 0.3) is 0 Å².